The summed E-state index contributed by atoms with van der Waals surface area (Å²) in [5, 5.41) is 0. The van der Waals surface area contributed by atoms with Gasteiger partial charge in [0.1, 0.15) is 18.0 Å². The Bertz CT molecular complexity index is 811. The van der Waals surface area contributed by atoms with E-state index in [1.54, 1.807) is 25.4 Å². The van der Waals surface area contributed by atoms with Crippen LogP contribution in [0.4, 0.5) is 10.1 Å². The number of carbonyl (C=O) groups excluding carboxylic acids is 1. The third-order valence-corrected chi connectivity index (χ3v) is 4.51. The number of nitrogens with zero attached hydrogens (tertiary/aromatic N) is 1. The maximum atomic E-state index is 12.5. The number of anilines is 1. The SMILES string of the molecule is C=C(c1cncc(OCC(C)=O)c1)c1cc(C)ccc1N.CC.CCC(C)(F)CC. The fraction of sp³-hybridized carbons (Fsp3) is 0.440. The number of hydrogen-bond acceptors (Lipinski definition) is 4. The molecule has 0 aliphatic heterocycles. The Morgan fingerprint density at radius 2 is 1.80 bits per heavy atom. The van der Waals surface area contributed by atoms with Gasteiger partial charge in [-0.3, -0.25) is 9.78 Å². The highest BCUT2D eigenvalue weighted by molar-refractivity contribution is 5.84. The number of nitrogen functional groups attached to an aromatic ring is 1. The maximum Gasteiger partial charge on any atom is 0.167 e. The number of Topliss-reactive ketones (excluding diaryl/α,β-unsaturated/α-hetero) is 1. The summed E-state index contributed by atoms with van der Waals surface area (Å²) in [5.74, 6) is 0.497. The molecule has 166 valence electrons. The monoisotopic (exact) mass is 416 g/mol. The smallest absolute Gasteiger partial charge is 0.167 e. The van der Waals surface area contributed by atoms with E-state index < -0.39 is 5.67 Å². The van der Waals surface area contributed by atoms with E-state index in [1.165, 1.54) is 6.92 Å². The molecule has 0 saturated carbocycles. The molecule has 0 bridgehead atoms. The van der Waals surface area contributed by atoms with Crippen molar-refractivity contribution in [3.8, 4) is 5.75 Å². The number of halogens is 1. The van der Waals surface area contributed by atoms with Crippen LogP contribution in [0.15, 0.2) is 43.2 Å². The van der Waals surface area contributed by atoms with Crippen LogP contribution in [-0.4, -0.2) is 23.0 Å². The van der Waals surface area contributed by atoms with Gasteiger partial charge < -0.3 is 10.5 Å². The van der Waals surface area contributed by atoms with Gasteiger partial charge in [-0.15, -0.1) is 0 Å². The Balaban J connectivity index is 0.000000795. The first-order valence-electron chi connectivity index (χ1n) is 10.4. The number of aromatic nitrogens is 1. The third-order valence-electron chi connectivity index (χ3n) is 4.51. The molecule has 0 atom stereocenters. The summed E-state index contributed by atoms with van der Waals surface area (Å²) in [5.41, 5.74) is 9.33. The lowest BCUT2D eigenvalue weighted by Crippen LogP contribution is -2.13. The molecule has 5 heteroatoms. The molecule has 2 rings (SSSR count). The van der Waals surface area contributed by atoms with Gasteiger partial charge in [0.05, 0.1) is 6.20 Å². The van der Waals surface area contributed by atoms with Crippen LogP contribution in [0.3, 0.4) is 0 Å². The van der Waals surface area contributed by atoms with Crippen LogP contribution in [-0.2, 0) is 4.79 Å². The minimum absolute atomic E-state index is 0.0319. The highest BCUT2D eigenvalue weighted by Gasteiger charge is 2.15. The molecule has 0 saturated heterocycles. The Morgan fingerprint density at radius 3 is 2.30 bits per heavy atom. The number of alkyl halides is 1. The van der Waals surface area contributed by atoms with Crippen molar-refractivity contribution in [1.29, 1.82) is 0 Å². The summed E-state index contributed by atoms with van der Waals surface area (Å²) in [4.78, 5) is 15.1. The zero-order valence-electron chi connectivity index (χ0n) is 19.5. The van der Waals surface area contributed by atoms with Gasteiger partial charge in [-0.05, 0) is 57.4 Å². The molecule has 1 aromatic carbocycles. The quantitative estimate of drug-likeness (QED) is 0.519. The highest BCUT2D eigenvalue weighted by Crippen LogP contribution is 2.28. The van der Waals surface area contributed by atoms with E-state index in [0.717, 1.165) is 22.3 Å². The molecular weight excluding hydrogens is 379 g/mol. The lowest BCUT2D eigenvalue weighted by molar-refractivity contribution is -0.118. The summed E-state index contributed by atoms with van der Waals surface area (Å²) in [7, 11) is 0. The van der Waals surface area contributed by atoms with Gasteiger partial charge in [-0.1, -0.05) is 45.9 Å². The van der Waals surface area contributed by atoms with Gasteiger partial charge >= 0.3 is 0 Å². The zero-order chi connectivity index (χ0) is 23.3. The second-order valence-corrected chi connectivity index (χ2v) is 7.09. The average molecular weight is 417 g/mol. The summed E-state index contributed by atoms with van der Waals surface area (Å²) < 4.78 is 17.9. The van der Waals surface area contributed by atoms with Crippen molar-refractivity contribution < 1.29 is 13.9 Å². The van der Waals surface area contributed by atoms with E-state index in [-0.39, 0.29) is 12.4 Å². The van der Waals surface area contributed by atoms with Crippen LogP contribution in [0, 0.1) is 6.92 Å². The van der Waals surface area contributed by atoms with Gasteiger partial charge in [0, 0.05) is 23.0 Å². The number of carbonyl (C=O) groups is 1. The molecule has 1 heterocycles. The van der Waals surface area contributed by atoms with Crippen LogP contribution in [0.2, 0.25) is 0 Å². The van der Waals surface area contributed by atoms with E-state index in [0.29, 0.717) is 24.3 Å². The Kier molecular flexibility index (Phi) is 12.3. The summed E-state index contributed by atoms with van der Waals surface area (Å²) in [6.45, 7) is 17.0. The first kappa shape index (κ1) is 27.3. The molecule has 0 aliphatic rings. The van der Waals surface area contributed by atoms with Gasteiger partial charge in [0.15, 0.2) is 5.78 Å². The molecule has 0 spiro atoms. The predicted molar refractivity (Wildman–Crippen MR) is 126 cm³/mol. The van der Waals surface area contributed by atoms with Crippen molar-refractivity contribution in [3.63, 3.8) is 0 Å². The van der Waals surface area contributed by atoms with Crippen LogP contribution in [0.1, 0.15) is 71.1 Å². The van der Waals surface area contributed by atoms with Crippen LogP contribution >= 0.6 is 0 Å². The molecule has 2 aromatic rings. The number of benzene rings is 1. The first-order valence-corrected chi connectivity index (χ1v) is 10.4. The summed E-state index contributed by atoms with van der Waals surface area (Å²) >= 11 is 0. The normalized spacial score (nSPS) is 10.1. The minimum Gasteiger partial charge on any atom is -0.484 e. The van der Waals surface area contributed by atoms with Crippen molar-refractivity contribution in [2.24, 2.45) is 0 Å². The van der Waals surface area contributed by atoms with Crippen molar-refractivity contribution in [2.45, 2.75) is 67.0 Å². The third kappa shape index (κ3) is 9.68. The summed E-state index contributed by atoms with van der Waals surface area (Å²) in [6.07, 6.45) is 4.52. The Hall–Kier alpha value is -2.69. The molecule has 2 N–H and O–H groups in total. The van der Waals surface area contributed by atoms with E-state index in [1.807, 2.05) is 52.8 Å². The van der Waals surface area contributed by atoms with E-state index in [2.05, 4.69) is 11.6 Å². The minimum atomic E-state index is -0.917. The zero-order valence-corrected chi connectivity index (χ0v) is 19.5. The number of nitrogens with two attached hydrogens (primary N) is 1. The van der Waals surface area contributed by atoms with Crippen LogP contribution in [0.25, 0.3) is 5.57 Å². The molecule has 0 amide bonds. The molecule has 4 nitrogen and oxygen atoms in total. The van der Waals surface area contributed by atoms with E-state index in [4.69, 9.17) is 10.5 Å². The molecule has 0 radical (unpaired) electrons. The summed E-state index contributed by atoms with van der Waals surface area (Å²) in [6, 6.07) is 7.61. The van der Waals surface area contributed by atoms with Crippen LogP contribution < -0.4 is 10.5 Å². The molecule has 1 aromatic heterocycles. The Labute approximate surface area is 181 Å². The van der Waals surface area contributed by atoms with Gasteiger partial charge in [0.2, 0.25) is 0 Å². The van der Waals surface area contributed by atoms with Crippen LogP contribution in [0.5, 0.6) is 5.75 Å². The number of aryl methyl sites for hydroxylation is 1. The van der Waals surface area contributed by atoms with Crippen molar-refractivity contribution in [3.05, 3.63) is 59.9 Å². The molecular formula is C25H37FN2O2. The Morgan fingerprint density at radius 1 is 1.20 bits per heavy atom. The van der Waals surface area contributed by atoms with E-state index in [9.17, 15) is 9.18 Å². The van der Waals surface area contributed by atoms with Crippen molar-refractivity contribution in [2.75, 3.05) is 12.3 Å². The highest BCUT2D eigenvalue weighted by atomic mass is 19.1. The number of hydrogen-bond donors (Lipinski definition) is 1. The molecule has 0 fully saturated rings. The van der Waals surface area contributed by atoms with Gasteiger partial charge in [0.25, 0.3) is 0 Å². The van der Waals surface area contributed by atoms with Crippen molar-refractivity contribution in [1.82, 2.24) is 4.98 Å². The first-order chi connectivity index (χ1) is 14.1. The number of rotatable bonds is 7. The number of ether oxygens (including phenoxy) is 1. The second kappa shape index (κ2) is 13.5. The number of ketones is 1. The second-order valence-electron chi connectivity index (χ2n) is 7.09. The van der Waals surface area contributed by atoms with Gasteiger partial charge in [-0.2, -0.15) is 0 Å². The molecule has 30 heavy (non-hydrogen) atoms. The van der Waals surface area contributed by atoms with Crippen molar-refractivity contribution >= 4 is 17.0 Å². The molecule has 0 aliphatic carbocycles. The lowest BCUT2D eigenvalue weighted by Gasteiger charge is -2.13. The number of pyridine rings is 1. The predicted octanol–water partition coefficient (Wildman–Crippen LogP) is 6.56. The largest absolute Gasteiger partial charge is 0.484 e. The standard InChI is InChI=1S/C17H18N2O2.C6H13F.C2H6/c1-11-4-5-17(18)16(6-11)13(3)14-7-15(9-19-8-14)21-10-12(2)20;1-4-6(3,7)5-2;1-2/h4-9H,3,10,18H2,1-2H3;4-5H2,1-3H3;1-2H3. The average Bonchev–Trinajstić information content (AvgIpc) is 2.75. The van der Waals surface area contributed by atoms with E-state index >= 15 is 0 Å². The fourth-order valence-electron chi connectivity index (χ4n) is 2.18. The maximum absolute atomic E-state index is 12.5. The fourth-order valence-corrected chi connectivity index (χ4v) is 2.18. The topological polar surface area (TPSA) is 65.2 Å². The lowest BCUT2D eigenvalue weighted by atomic mass is 9.98. The van der Waals surface area contributed by atoms with Gasteiger partial charge in [-0.25, -0.2) is 4.39 Å². The molecule has 0 unspecified atom stereocenters.